The maximum atomic E-state index is 11.6. The number of fused-ring (bicyclic) bond motifs is 1. The topological polar surface area (TPSA) is 98.5 Å². The highest BCUT2D eigenvalue weighted by atomic mass is 35.5. The molecule has 0 saturated heterocycles. The number of hydrogen-bond acceptors (Lipinski definition) is 6. The molecule has 1 aliphatic heterocycles. The van der Waals surface area contributed by atoms with Gasteiger partial charge < -0.3 is 19.9 Å². The van der Waals surface area contributed by atoms with E-state index in [0.717, 1.165) is 30.6 Å². The van der Waals surface area contributed by atoms with Crippen LogP contribution in [0.1, 0.15) is 34.0 Å². The van der Waals surface area contributed by atoms with Crippen molar-refractivity contribution in [3.8, 4) is 28.7 Å². The van der Waals surface area contributed by atoms with E-state index in [4.69, 9.17) is 26.1 Å². The van der Waals surface area contributed by atoms with Crippen LogP contribution in [-0.4, -0.2) is 39.0 Å². The van der Waals surface area contributed by atoms with Gasteiger partial charge >= 0.3 is 5.97 Å². The molecule has 9 heteroatoms. The van der Waals surface area contributed by atoms with E-state index in [1.54, 1.807) is 19.1 Å². The molecule has 3 heterocycles. The van der Waals surface area contributed by atoms with Gasteiger partial charge in [-0.25, -0.2) is 9.78 Å². The lowest BCUT2D eigenvalue weighted by Crippen LogP contribution is -2.23. The zero-order valence-electron chi connectivity index (χ0n) is 19.7. The molecular weight excluding hydrogens is 480 g/mol. The lowest BCUT2D eigenvalue weighted by atomic mass is 9.99. The third-order valence-corrected chi connectivity index (χ3v) is 6.27. The molecule has 36 heavy (non-hydrogen) atoms. The van der Waals surface area contributed by atoms with Gasteiger partial charge in [0, 0.05) is 12.1 Å². The fourth-order valence-corrected chi connectivity index (χ4v) is 4.48. The maximum absolute atomic E-state index is 11.6. The number of pyridine rings is 1. The Balaban J connectivity index is 1.46. The predicted molar refractivity (Wildman–Crippen MR) is 136 cm³/mol. The second kappa shape index (κ2) is 10.4. The molecule has 2 aromatic carbocycles. The number of para-hydroxylation sites is 1. The molecule has 0 radical (unpaired) electrons. The number of hydrogen-bond donors (Lipinski definition) is 2. The Morgan fingerprint density at radius 2 is 2.00 bits per heavy atom. The highest BCUT2D eigenvalue weighted by Gasteiger charge is 2.21. The highest BCUT2D eigenvalue weighted by Crippen LogP contribution is 2.36. The minimum atomic E-state index is -1.12. The number of rotatable bonds is 8. The van der Waals surface area contributed by atoms with Crippen molar-refractivity contribution in [3.05, 3.63) is 88.1 Å². The molecule has 2 aromatic heterocycles. The smallest absolute Gasteiger partial charge is 0.342 e. The summed E-state index contributed by atoms with van der Waals surface area (Å²) in [6.45, 7) is 4.30. The molecule has 0 atom stereocenters. The number of aromatic nitrogens is 3. The van der Waals surface area contributed by atoms with Gasteiger partial charge in [-0.15, -0.1) is 0 Å². The van der Waals surface area contributed by atoms with Gasteiger partial charge in [-0.05, 0) is 60.8 Å². The van der Waals surface area contributed by atoms with Crippen LogP contribution in [0.3, 0.4) is 0 Å². The molecule has 0 aliphatic carbocycles. The molecule has 184 valence electrons. The molecule has 4 aromatic rings. The van der Waals surface area contributed by atoms with Crippen LogP contribution in [0.4, 0.5) is 0 Å². The monoisotopic (exact) mass is 504 g/mol. The van der Waals surface area contributed by atoms with Gasteiger partial charge in [-0.1, -0.05) is 41.9 Å². The van der Waals surface area contributed by atoms with Crippen LogP contribution in [0, 0.1) is 0 Å². The average molecular weight is 505 g/mol. The van der Waals surface area contributed by atoms with Gasteiger partial charge in [0.2, 0.25) is 5.88 Å². The Kier molecular flexibility index (Phi) is 6.88. The molecule has 0 unspecified atom stereocenters. The number of nitrogens with zero attached hydrogens (tertiary/aromatic N) is 3. The van der Waals surface area contributed by atoms with Crippen LogP contribution in [0.5, 0.6) is 11.6 Å². The number of carboxylic acid groups (broad SMARTS) is 1. The van der Waals surface area contributed by atoms with Gasteiger partial charge in [0.15, 0.2) is 5.82 Å². The summed E-state index contributed by atoms with van der Waals surface area (Å²) in [6, 6.07) is 17.3. The maximum Gasteiger partial charge on any atom is 0.342 e. The second-order valence-electron chi connectivity index (χ2n) is 8.33. The highest BCUT2D eigenvalue weighted by molar-refractivity contribution is 6.32. The van der Waals surface area contributed by atoms with Crippen molar-refractivity contribution in [2.45, 2.75) is 26.5 Å². The standard InChI is InChI=1S/C27H25ClN4O4/c1-2-35-26-21(27(33)34)15-30-32(26)24-8-4-7-23(31-24)20-5-3-6-22(28)25(20)36-16-17-9-10-19-14-29-12-11-18(19)13-17/h3-10,13,15,29H,2,11-12,14,16H2,1H3,(H,33,34). The van der Waals surface area contributed by atoms with E-state index in [2.05, 4.69) is 28.6 Å². The van der Waals surface area contributed by atoms with Crippen LogP contribution in [0.25, 0.3) is 17.1 Å². The fourth-order valence-electron chi connectivity index (χ4n) is 4.25. The lowest BCUT2D eigenvalue weighted by molar-refractivity contribution is 0.0692. The molecule has 0 spiro atoms. The van der Waals surface area contributed by atoms with E-state index in [9.17, 15) is 9.90 Å². The Bertz CT molecular complexity index is 1420. The van der Waals surface area contributed by atoms with Crippen LogP contribution in [-0.2, 0) is 19.6 Å². The molecule has 8 nitrogen and oxygen atoms in total. The zero-order valence-corrected chi connectivity index (χ0v) is 20.5. The summed E-state index contributed by atoms with van der Waals surface area (Å²) < 4.78 is 13.2. The molecule has 0 saturated carbocycles. The minimum Gasteiger partial charge on any atom is -0.487 e. The number of carbonyl (C=O) groups is 1. The second-order valence-corrected chi connectivity index (χ2v) is 8.74. The summed E-state index contributed by atoms with van der Waals surface area (Å²) in [5.41, 5.74) is 5.03. The van der Waals surface area contributed by atoms with Crippen molar-refractivity contribution < 1.29 is 19.4 Å². The quantitative estimate of drug-likeness (QED) is 0.352. The molecule has 0 bridgehead atoms. The Morgan fingerprint density at radius 1 is 1.14 bits per heavy atom. The van der Waals surface area contributed by atoms with E-state index in [0.29, 0.717) is 28.9 Å². The van der Waals surface area contributed by atoms with Crippen LogP contribution in [0.2, 0.25) is 5.02 Å². The molecule has 0 amide bonds. The van der Waals surface area contributed by atoms with Gasteiger partial charge in [-0.3, -0.25) is 0 Å². The van der Waals surface area contributed by atoms with Crippen LogP contribution in [0.15, 0.2) is 60.8 Å². The summed E-state index contributed by atoms with van der Waals surface area (Å²) in [6.07, 6.45) is 2.25. The summed E-state index contributed by atoms with van der Waals surface area (Å²) in [4.78, 5) is 16.3. The predicted octanol–water partition coefficient (Wildman–Crippen LogP) is 4.91. The number of carboxylic acids is 1. The van der Waals surface area contributed by atoms with Crippen molar-refractivity contribution >= 4 is 17.6 Å². The number of ether oxygens (including phenoxy) is 2. The third-order valence-electron chi connectivity index (χ3n) is 5.97. The van der Waals surface area contributed by atoms with Crippen LogP contribution >= 0.6 is 11.6 Å². The van der Waals surface area contributed by atoms with Crippen molar-refractivity contribution in [1.82, 2.24) is 20.1 Å². The van der Waals surface area contributed by atoms with E-state index < -0.39 is 5.97 Å². The summed E-state index contributed by atoms with van der Waals surface area (Å²) in [5.74, 6) is -0.0535. The van der Waals surface area contributed by atoms with Crippen LogP contribution < -0.4 is 14.8 Å². The van der Waals surface area contributed by atoms with E-state index in [1.165, 1.54) is 22.0 Å². The minimum absolute atomic E-state index is 0.0309. The average Bonchev–Trinajstić information content (AvgIpc) is 3.32. The summed E-state index contributed by atoms with van der Waals surface area (Å²) >= 11 is 6.56. The zero-order chi connectivity index (χ0) is 25.1. The summed E-state index contributed by atoms with van der Waals surface area (Å²) in [5, 5.41) is 17.5. The summed E-state index contributed by atoms with van der Waals surface area (Å²) in [7, 11) is 0. The van der Waals surface area contributed by atoms with E-state index in [-0.39, 0.29) is 18.1 Å². The molecule has 0 fully saturated rings. The Hall–Kier alpha value is -3.88. The largest absolute Gasteiger partial charge is 0.487 e. The van der Waals surface area contributed by atoms with Gasteiger partial charge in [0.1, 0.15) is 17.9 Å². The fraction of sp³-hybridized carbons (Fsp3) is 0.222. The number of nitrogens with one attached hydrogen (secondary N) is 1. The SMILES string of the molecule is CCOc1c(C(=O)O)cnn1-c1cccc(-c2cccc(Cl)c2OCc2ccc3c(c2)CCNC3)n1. The molecule has 5 rings (SSSR count). The van der Waals surface area contributed by atoms with Crippen molar-refractivity contribution in [1.29, 1.82) is 0 Å². The number of aromatic carboxylic acids is 1. The first-order valence-corrected chi connectivity index (χ1v) is 12.1. The van der Waals surface area contributed by atoms with E-state index >= 15 is 0 Å². The first-order valence-electron chi connectivity index (χ1n) is 11.7. The molecule has 1 aliphatic rings. The third kappa shape index (κ3) is 4.78. The lowest BCUT2D eigenvalue weighted by Gasteiger charge is -2.18. The van der Waals surface area contributed by atoms with Gasteiger partial charge in [-0.2, -0.15) is 9.78 Å². The molecule has 2 N–H and O–H groups in total. The Morgan fingerprint density at radius 3 is 2.83 bits per heavy atom. The van der Waals surface area contributed by atoms with Crippen molar-refractivity contribution in [2.24, 2.45) is 0 Å². The normalized spacial score (nSPS) is 12.7. The first-order chi connectivity index (χ1) is 17.5. The Labute approximate surface area is 213 Å². The van der Waals surface area contributed by atoms with Gasteiger partial charge in [0.05, 0.1) is 23.5 Å². The molecular formula is C27H25ClN4O4. The number of benzene rings is 2. The number of halogens is 1. The first kappa shape index (κ1) is 23.8. The van der Waals surface area contributed by atoms with Crippen molar-refractivity contribution in [2.75, 3.05) is 13.2 Å². The van der Waals surface area contributed by atoms with E-state index in [1.807, 2.05) is 24.3 Å². The van der Waals surface area contributed by atoms with Crippen molar-refractivity contribution in [3.63, 3.8) is 0 Å². The van der Waals surface area contributed by atoms with Gasteiger partial charge in [0.25, 0.3) is 0 Å².